The Bertz CT molecular complexity index is 754. The predicted octanol–water partition coefficient (Wildman–Crippen LogP) is 5.43. The molecule has 0 aromatic heterocycles. The van der Waals surface area contributed by atoms with Crippen LogP contribution in [-0.2, 0) is 0 Å². The Morgan fingerprint density at radius 1 is 0.682 bits per heavy atom. The Kier molecular flexibility index (Phi) is 4.35. The van der Waals surface area contributed by atoms with Gasteiger partial charge in [0.2, 0.25) is 0 Å². The second kappa shape index (κ2) is 6.58. The molecule has 3 heteroatoms. The molecule has 3 aromatic rings. The molecule has 0 radical (unpaired) electrons. The quantitative estimate of drug-likeness (QED) is 0.616. The van der Waals surface area contributed by atoms with E-state index in [1.165, 1.54) is 0 Å². The lowest BCUT2D eigenvalue weighted by atomic mass is 10.1. The molecule has 0 aliphatic carbocycles. The van der Waals surface area contributed by atoms with Crippen LogP contribution in [0.2, 0.25) is 0 Å². The lowest BCUT2D eigenvalue weighted by molar-refractivity contribution is 0.0999. The van der Waals surface area contributed by atoms with Gasteiger partial charge in [0.05, 0.1) is 0 Å². The number of carbonyl (C=O) groups is 1. The highest BCUT2D eigenvalue weighted by Gasteiger charge is 2.19. The maximum absolute atomic E-state index is 12.9. The van der Waals surface area contributed by atoms with Crippen LogP contribution < -0.4 is 4.90 Å². The topological polar surface area (TPSA) is 20.3 Å². The molecule has 0 unspecified atom stereocenters. The fraction of sp³-hybridized carbons (Fsp3) is 0. The van der Waals surface area contributed by atoms with Crippen LogP contribution in [0.5, 0.6) is 0 Å². The number of halogens is 1. The van der Waals surface area contributed by atoms with Crippen molar-refractivity contribution in [2.24, 2.45) is 0 Å². The van der Waals surface area contributed by atoms with Gasteiger partial charge in [0.15, 0.2) is 0 Å². The van der Waals surface area contributed by atoms with Gasteiger partial charge in [-0.3, -0.25) is 9.69 Å². The van der Waals surface area contributed by atoms with Crippen LogP contribution in [0.25, 0.3) is 0 Å². The average Bonchev–Trinajstić information content (AvgIpc) is 2.58. The summed E-state index contributed by atoms with van der Waals surface area (Å²) >= 11 is 3.43. The van der Waals surface area contributed by atoms with E-state index in [0.717, 1.165) is 15.8 Å². The summed E-state index contributed by atoms with van der Waals surface area (Å²) in [4.78, 5) is 14.7. The summed E-state index contributed by atoms with van der Waals surface area (Å²) in [5, 5.41) is 0. The smallest absolute Gasteiger partial charge is 0.262 e. The molecule has 22 heavy (non-hydrogen) atoms. The zero-order chi connectivity index (χ0) is 15.4. The molecule has 3 aromatic carbocycles. The van der Waals surface area contributed by atoms with E-state index < -0.39 is 0 Å². The van der Waals surface area contributed by atoms with Gasteiger partial charge in [-0.25, -0.2) is 0 Å². The third-order valence-corrected chi connectivity index (χ3v) is 3.85. The van der Waals surface area contributed by atoms with Crippen LogP contribution in [0.15, 0.2) is 89.4 Å². The lowest BCUT2D eigenvalue weighted by Crippen LogP contribution is -2.25. The highest BCUT2D eigenvalue weighted by atomic mass is 79.9. The van der Waals surface area contributed by atoms with E-state index in [4.69, 9.17) is 0 Å². The first-order valence-corrected chi connectivity index (χ1v) is 7.75. The standard InChI is InChI=1S/C19H14BrNO/c20-16-11-13-18(14-12-16)21(17-9-5-2-6-10-17)19(22)15-7-3-1-4-8-15/h1-14H. The minimum atomic E-state index is -0.0471. The van der Waals surface area contributed by atoms with Crippen molar-refractivity contribution in [2.45, 2.75) is 0 Å². The minimum absolute atomic E-state index is 0.0471. The monoisotopic (exact) mass is 351 g/mol. The number of hydrogen-bond acceptors (Lipinski definition) is 1. The van der Waals surface area contributed by atoms with Crippen LogP contribution in [0.4, 0.5) is 11.4 Å². The van der Waals surface area contributed by atoms with Crippen molar-refractivity contribution in [1.29, 1.82) is 0 Å². The van der Waals surface area contributed by atoms with E-state index in [1.54, 1.807) is 4.90 Å². The molecule has 0 aliphatic rings. The molecule has 0 atom stereocenters. The van der Waals surface area contributed by atoms with Gasteiger partial charge in [-0.1, -0.05) is 52.3 Å². The number of para-hydroxylation sites is 1. The van der Waals surface area contributed by atoms with Crippen LogP contribution in [0, 0.1) is 0 Å². The number of hydrogen-bond donors (Lipinski definition) is 0. The number of benzene rings is 3. The van der Waals surface area contributed by atoms with E-state index in [-0.39, 0.29) is 5.91 Å². The van der Waals surface area contributed by atoms with Gasteiger partial charge in [0.1, 0.15) is 0 Å². The van der Waals surface area contributed by atoms with Gasteiger partial charge >= 0.3 is 0 Å². The first kappa shape index (κ1) is 14.5. The van der Waals surface area contributed by atoms with Crippen molar-refractivity contribution in [3.8, 4) is 0 Å². The third-order valence-electron chi connectivity index (χ3n) is 3.32. The molecule has 0 bridgehead atoms. The maximum atomic E-state index is 12.9. The van der Waals surface area contributed by atoms with E-state index in [1.807, 2.05) is 84.9 Å². The first-order chi connectivity index (χ1) is 10.8. The van der Waals surface area contributed by atoms with Gasteiger partial charge in [-0.15, -0.1) is 0 Å². The highest BCUT2D eigenvalue weighted by molar-refractivity contribution is 9.10. The Labute approximate surface area is 138 Å². The van der Waals surface area contributed by atoms with Crippen molar-refractivity contribution in [1.82, 2.24) is 0 Å². The molecule has 1 amide bonds. The first-order valence-electron chi connectivity index (χ1n) is 6.96. The third kappa shape index (κ3) is 3.10. The van der Waals surface area contributed by atoms with Crippen molar-refractivity contribution in [3.05, 3.63) is 95.0 Å². The molecule has 3 rings (SSSR count). The van der Waals surface area contributed by atoms with Gasteiger partial charge in [-0.2, -0.15) is 0 Å². The molecule has 0 fully saturated rings. The number of anilines is 2. The number of rotatable bonds is 3. The molecule has 108 valence electrons. The Hall–Kier alpha value is -2.39. The minimum Gasteiger partial charge on any atom is -0.277 e. The van der Waals surface area contributed by atoms with Crippen molar-refractivity contribution in [3.63, 3.8) is 0 Å². The number of nitrogens with zero attached hydrogens (tertiary/aromatic N) is 1. The molecule has 0 spiro atoms. The zero-order valence-electron chi connectivity index (χ0n) is 11.8. The summed E-state index contributed by atoms with van der Waals surface area (Å²) < 4.78 is 0.983. The van der Waals surface area contributed by atoms with E-state index in [0.29, 0.717) is 5.56 Å². The molecule has 0 aliphatic heterocycles. The van der Waals surface area contributed by atoms with Crippen LogP contribution in [0.1, 0.15) is 10.4 Å². The van der Waals surface area contributed by atoms with Gasteiger partial charge in [-0.05, 0) is 48.5 Å². The number of amides is 1. The summed E-state index contributed by atoms with van der Waals surface area (Å²) in [5.74, 6) is -0.0471. The van der Waals surface area contributed by atoms with Gasteiger partial charge in [0, 0.05) is 21.4 Å². The second-order valence-corrected chi connectivity index (χ2v) is 5.73. The average molecular weight is 352 g/mol. The van der Waals surface area contributed by atoms with Crippen LogP contribution >= 0.6 is 15.9 Å². The Morgan fingerprint density at radius 2 is 1.18 bits per heavy atom. The summed E-state index contributed by atoms with van der Waals surface area (Å²) in [5.41, 5.74) is 2.34. The zero-order valence-corrected chi connectivity index (χ0v) is 13.4. The fourth-order valence-electron chi connectivity index (χ4n) is 2.26. The molecule has 2 nitrogen and oxygen atoms in total. The molecule has 0 saturated carbocycles. The predicted molar refractivity (Wildman–Crippen MR) is 93.5 cm³/mol. The van der Waals surface area contributed by atoms with Crippen LogP contribution in [0.3, 0.4) is 0 Å². The van der Waals surface area contributed by atoms with Crippen molar-refractivity contribution >= 4 is 33.2 Å². The molecular formula is C19H14BrNO. The summed E-state index contributed by atoms with van der Waals surface area (Å²) in [7, 11) is 0. The summed E-state index contributed by atoms with van der Waals surface area (Å²) in [6.07, 6.45) is 0. The van der Waals surface area contributed by atoms with Gasteiger partial charge < -0.3 is 0 Å². The second-order valence-electron chi connectivity index (χ2n) is 4.82. The molecule has 0 N–H and O–H groups in total. The van der Waals surface area contributed by atoms with Crippen molar-refractivity contribution in [2.75, 3.05) is 4.90 Å². The largest absolute Gasteiger partial charge is 0.277 e. The Morgan fingerprint density at radius 3 is 1.77 bits per heavy atom. The van der Waals surface area contributed by atoms with E-state index in [9.17, 15) is 4.79 Å². The van der Waals surface area contributed by atoms with Gasteiger partial charge in [0.25, 0.3) is 5.91 Å². The van der Waals surface area contributed by atoms with E-state index in [2.05, 4.69) is 15.9 Å². The normalized spacial score (nSPS) is 10.2. The SMILES string of the molecule is O=C(c1ccccc1)N(c1ccccc1)c1ccc(Br)cc1. The highest BCUT2D eigenvalue weighted by Crippen LogP contribution is 2.28. The molecular weight excluding hydrogens is 338 g/mol. The number of carbonyl (C=O) groups excluding carboxylic acids is 1. The van der Waals surface area contributed by atoms with Crippen LogP contribution in [-0.4, -0.2) is 5.91 Å². The fourth-order valence-corrected chi connectivity index (χ4v) is 2.52. The summed E-state index contributed by atoms with van der Waals surface area (Å²) in [6.45, 7) is 0. The molecule has 0 heterocycles. The molecule has 0 saturated heterocycles. The Balaban J connectivity index is 2.07. The maximum Gasteiger partial charge on any atom is 0.262 e. The van der Waals surface area contributed by atoms with E-state index >= 15 is 0 Å². The lowest BCUT2D eigenvalue weighted by Gasteiger charge is -2.23. The van der Waals surface area contributed by atoms with Crippen molar-refractivity contribution < 1.29 is 4.79 Å². The summed E-state index contributed by atoms with van der Waals surface area (Å²) in [6, 6.07) is 26.7.